The first-order valence-electron chi connectivity index (χ1n) is 9.54. The zero-order valence-electron chi connectivity index (χ0n) is 16.4. The lowest BCUT2D eigenvalue weighted by atomic mass is 10.1. The number of hydrogen-bond donors (Lipinski definition) is 0. The lowest BCUT2D eigenvalue weighted by Crippen LogP contribution is -2.31. The van der Waals surface area contributed by atoms with Crippen molar-refractivity contribution in [2.24, 2.45) is 0 Å². The largest absolute Gasteiger partial charge is 0.492 e. The van der Waals surface area contributed by atoms with Crippen molar-refractivity contribution >= 4 is 32.6 Å². The number of furan rings is 1. The Bertz CT molecular complexity index is 1100. The molecule has 0 aliphatic rings. The summed E-state index contributed by atoms with van der Waals surface area (Å²) in [6.07, 6.45) is 1.92. The van der Waals surface area contributed by atoms with Gasteiger partial charge in [0, 0.05) is 0 Å². The van der Waals surface area contributed by atoms with Crippen LogP contribution in [0.4, 0.5) is 5.13 Å². The first-order valence-corrected chi connectivity index (χ1v) is 10.4. The molecule has 4 aromatic rings. The van der Waals surface area contributed by atoms with Gasteiger partial charge in [0.05, 0.1) is 30.5 Å². The lowest BCUT2D eigenvalue weighted by molar-refractivity contribution is -0.118. The zero-order chi connectivity index (χ0) is 20.2. The SMILES string of the molecule is CCOc1cccc2sc(N(Cc3ccco3)C(=O)Cc3ccc(C)cc3)nc12. The minimum absolute atomic E-state index is 0.0257. The number of carbonyl (C=O) groups is 1. The van der Waals surface area contributed by atoms with Crippen LogP contribution in [0, 0.1) is 6.92 Å². The summed E-state index contributed by atoms with van der Waals surface area (Å²) in [7, 11) is 0. The molecular weight excluding hydrogens is 384 g/mol. The number of thiazole rings is 1. The van der Waals surface area contributed by atoms with Crippen LogP contribution in [0.1, 0.15) is 23.8 Å². The number of aryl methyl sites for hydroxylation is 1. The van der Waals surface area contributed by atoms with Crippen LogP contribution in [0.25, 0.3) is 10.2 Å². The number of aromatic nitrogens is 1. The van der Waals surface area contributed by atoms with Crippen molar-refractivity contribution in [2.75, 3.05) is 11.5 Å². The predicted molar refractivity (Wildman–Crippen MR) is 116 cm³/mol. The summed E-state index contributed by atoms with van der Waals surface area (Å²) in [5, 5.41) is 0.640. The Balaban J connectivity index is 1.68. The third-order valence-corrected chi connectivity index (χ3v) is 5.62. The van der Waals surface area contributed by atoms with Gasteiger partial charge >= 0.3 is 0 Å². The van der Waals surface area contributed by atoms with Gasteiger partial charge in [0.15, 0.2) is 5.13 Å². The number of fused-ring (bicyclic) bond motifs is 1. The molecular formula is C23H22N2O3S. The molecule has 0 unspecified atom stereocenters. The van der Waals surface area contributed by atoms with E-state index < -0.39 is 0 Å². The minimum Gasteiger partial charge on any atom is -0.492 e. The maximum absolute atomic E-state index is 13.2. The molecule has 148 valence electrons. The van der Waals surface area contributed by atoms with Gasteiger partial charge in [-0.1, -0.05) is 47.2 Å². The van der Waals surface area contributed by atoms with Gasteiger partial charge in [0.1, 0.15) is 17.0 Å². The summed E-state index contributed by atoms with van der Waals surface area (Å²) >= 11 is 1.48. The summed E-state index contributed by atoms with van der Waals surface area (Å²) in [5.41, 5.74) is 2.92. The van der Waals surface area contributed by atoms with Crippen molar-refractivity contribution in [3.63, 3.8) is 0 Å². The fourth-order valence-corrected chi connectivity index (χ4v) is 4.10. The number of amides is 1. The van der Waals surface area contributed by atoms with Gasteiger partial charge in [-0.2, -0.15) is 0 Å². The number of ether oxygens (including phenoxy) is 1. The van der Waals surface area contributed by atoms with Crippen LogP contribution in [-0.2, 0) is 17.8 Å². The molecule has 0 aliphatic heterocycles. The third-order valence-electron chi connectivity index (χ3n) is 4.57. The zero-order valence-corrected chi connectivity index (χ0v) is 17.2. The van der Waals surface area contributed by atoms with Crippen molar-refractivity contribution in [1.82, 2.24) is 4.98 Å². The van der Waals surface area contributed by atoms with Gasteiger partial charge in [-0.3, -0.25) is 9.69 Å². The van der Waals surface area contributed by atoms with E-state index in [2.05, 4.69) is 0 Å². The molecule has 0 saturated heterocycles. The maximum Gasteiger partial charge on any atom is 0.233 e. The highest BCUT2D eigenvalue weighted by atomic mass is 32.1. The molecule has 2 aromatic carbocycles. The summed E-state index contributed by atoms with van der Waals surface area (Å²) in [5.74, 6) is 1.42. The van der Waals surface area contributed by atoms with Crippen molar-refractivity contribution in [3.05, 3.63) is 77.7 Å². The van der Waals surface area contributed by atoms with E-state index in [-0.39, 0.29) is 5.91 Å². The van der Waals surface area contributed by atoms with Crippen molar-refractivity contribution < 1.29 is 13.9 Å². The van der Waals surface area contributed by atoms with E-state index in [1.165, 1.54) is 16.9 Å². The van der Waals surface area contributed by atoms with E-state index in [1.54, 1.807) is 11.2 Å². The average Bonchev–Trinajstić information content (AvgIpc) is 3.38. The molecule has 0 radical (unpaired) electrons. The monoisotopic (exact) mass is 406 g/mol. The normalized spacial score (nSPS) is 11.0. The number of rotatable bonds is 7. The molecule has 4 rings (SSSR count). The van der Waals surface area contributed by atoms with E-state index in [4.69, 9.17) is 14.1 Å². The Morgan fingerprint density at radius 2 is 1.97 bits per heavy atom. The number of benzene rings is 2. The molecule has 0 fully saturated rings. The van der Waals surface area contributed by atoms with Crippen LogP contribution in [0.3, 0.4) is 0 Å². The predicted octanol–water partition coefficient (Wildman–Crippen LogP) is 5.37. The third kappa shape index (κ3) is 4.32. The highest BCUT2D eigenvalue weighted by Gasteiger charge is 2.22. The number of carbonyl (C=O) groups excluding carboxylic acids is 1. The van der Waals surface area contributed by atoms with Crippen LogP contribution in [0.15, 0.2) is 65.3 Å². The highest BCUT2D eigenvalue weighted by Crippen LogP contribution is 2.35. The second-order valence-corrected chi connectivity index (χ2v) is 7.76. The molecule has 0 bridgehead atoms. The van der Waals surface area contributed by atoms with Crippen LogP contribution in [0.2, 0.25) is 0 Å². The van der Waals surface area contributed by atoms with Crippen molar-refractivity contribution in [2.45, 2.75) is 26.8 Å². The smallest absolute Gasteiger partial charge is 0.233 e. The van der Waals surface area contributed by atoms with Gasteiger partial charge in [0.2, 0.25) is 5.91 Å². The van der Waals surface area contributed by atoms with E-state index in [0.717, 1.165) is 21.5 Å². The molecule has 6 heteroatoms. The minimum atomic E-state index is -0.0257. The average molecular weight is 407 g/mol. The Hall–Kier alpha value is -3.12. The van der Waals surface area contributed by atoms with Crippen molar-refractivity contribution in [1.29, 1.82) is 0 Å². The van der Waals surface area contributed by atoms with E-state index in [0.29, 0.717) is 30.5 Å². The fourth-order valence-electron chi connectivity index (χ4n) is 3.10. The van der Waals surface area contributed by atoms with Crippen LogP contribution in [0.5, 0.6) is 5.75 Å². The van der Waals surface area contributed by atoms with Crippen LogP contribution in [-0.4, -0.2) is 17.5 Å². The first-order chi connectivity index (χ1) is 14.1. The summed E-state index contributed by atoms with van der Waals surface area (Å²) in [6, 6.07) is 17.6. The van der Waals surface area contributed by atoms with E-state index >= 15 is 0 Å². The molecule has 1 amide bonds. The van der Waals surface area contributed by atoms with Crippen molar-refractivity contribution in [3.8, 4) is 5.75 Å². The number of nitrogens with zero attached hydrogens (tertiary/aromatic N) is 2. The number of para-hydroxylation sites is 1. The lowest BCUT2D eigenvalue weighted by Gasteiger charge is -2.19. The quantitative estimate of drug-likeness (QED) is 0.414. The maximum atomic E-state index is 13.2. The number of hydrogen-bond acceptors (Lipinski definition) is 5. The Morgan fingerprint density at radius 3 is 2.69 bits per heavy atom. The molecule has 5 nitrogen and oxygen atoms in total. The van der Waals surface area contributed by atoms with Gasteiger partial charge < -0.3 is 9.15 Å². The molecule has 0 spiro atoms. The van der Waals surface area contributed by atoms with Gasteiger partial charge in [-0.25, -0.2) is 4.98 Å². The van der Waals surface area contributed by atoms with E-state index in [9.17, 15) is 4.79 Å². The number of anilines is 1. The van der Waals surface area contributed by atoms with Gasteiger partial charge in [-0.05, 0) is 43.7 Å². The second kappa shape index (κ2) is 8.49. The van der Waals surface area contributed by atoms with Crippen LogP contribution >= 0.6 is 11.3 Å². The highest BCUT2D eigenvalue weighted by molar-refractivity contribution is 7.22. The molecule has 29 heavy (non-hydrogen) atoms. The van der Waals surface area contributed by atoms with E-state index in [1.807, 2.05) is 68.4 Å². The molecule has 2 heterocycles. The van der Waals surface area contributed by atoms with Gasteiger partial charge in [0.25, 0.3) is 0 Å². The second-order valence-electron chi connectivity index (χ2n) is 6.75. The molecule has 0 saturated carbocycles. The molecule has 2 aromatic heterocycles. The molecule has 0 atom stereocenters. The summed E-state index contributed by atoms with van der Waals surface area (Å²) in [6.45, 7) is 4.88. The topological polar surface area (TPSA) is 55.6 Å². The first kappa shape index (κ1) is 19.2. The Labute approximate surface area is 173 Å². The van der Waals surface area contributed by atoms with Gasteiger partial charge in [-0.15, -0.1) is 0 Å². The summed E-state index contributed by atoms with van der Waals surface area (Å²) in [4.78, 5) is 19.7. The fraction of sp³-hybridized carbons (Fsp3) is 0.217. The molecule has 0 aliphatic carbocycles. The Kier molecular flexibility index (Phi) is 5.62. The summed E-state index contributed by atoms with van der Waals surface area (Å²) < 4.78 is 12.2. The standard InChI is InChI=1S/C23H22N2O3S/c1-3-27-19-7-4-8-20-22(19)24-23(29-20)25(15-18-6-5-13-28-18)21(26)14-17-11-9-16(2)10-12-17/h4-13H,3,14-15H2,1-2H3. The van der Waals surface area contributed by atoms with Crippen LogP contribution < -0.4 is 9.64 Å². The molecule has 0 N–H and O–H groups in total. The Morgan fingerprint density at radius 1 is 1.14 bits per heavy atom.